The van der Waals surface area contributed by atoms with E-state index in [0.29, 0.717) is 54.4 Å². The van der Waals surface area contributed by atoms with Crippen molar-refractivity contribution >= 4 is 23.1 Å². The third-order valence-corrected chi connectivity index (χ3v) is 5.59. The molecule has 176 valence electrons. The number of ketones is 4. The van der Waals surface area contributed by atoms with Crippen molar-refractivity contribution in [2.75, 3.05) is 0 Å². The zero-order valence-corrected chi connectivity index (χ0v) is 20.5. The molecule has 4 heteroatoms. The van der Waals surface area contributed by atoms with Gasteiger partial charge in [-0.15, -0.1) is 0 Å². The van der Waals surface area contributed by atoms with E-state index in [4.69, 9.17) is 0 Å². The van der Waals surface area contributed by atoms with Gasteiger partial charge in [0.2, 0.25) is 0 Å². The molecular formula is C29H36O4. The molecule has 2 aromatic carbocycles. The van der Waals surface area contributed by atoms with Crippen molar-refractivity contribution in [2.24, 2.45) is 0 Å². The summed E-state index contributed by atoms with van der Waals surface area (Å²) in [4.78, 5) is 50.4. The lowest BCUT2D eigenvalue weighted by Gasteiger charge is -2.12. The van der Waals surface area contributed by atoms with Crippen molar-refractivity contribution < 1.29 is 19.2 Å². The van der Waals surface area contributed by atoms with Gasteiger partial charge in [-0.25, -0.2) is 0 Å². The van der Waals surface area contributed by atoms with Gasteiger partial charge < -0.3 is 0 Å². The van der Waals surface area contributed by atoms with Crippen molar-refractivity contribution in [3.63, 3.8) is 0 Å². The molecule has 0 radical (unpaired) electrons. The SMILES string of the molecule is CCCC(=O)c1cc(Cc2cc(C(=O)CCC)cc(C(=O)CCC)c2)cc(C(=O)CCC)c1. The molecule has 2 aromatic rings. The number of carbonyl (C=O) groups is 4. The minimum Gasteiger partial charge on any atom is -0.294 e. The highest BCUT2D eigenvalue weighted by atomic mass is 16.1. The quantitative estimate of drug-likeness (QED) is 0.286. The summed E-state index contributed by atoms with van der Waals surface area (Å²) in [6.07, 6.45) is 5.14. The van der Waals surface area contributed by atoms with E-state index in [1.54, 1.807) is 12.1 Å². The highest BCUT2D eigenvalue weighted by Gasteiger charge is 2.16. The molecule has 0 aliphatic carbocycles. The maximum atomic E-state index is 12.6. The molecule has 0 amide bonds. The Bertz CT molecular complexity index is 862. The molecule has 0 bridgehead atoms. The standard InChI is InChI=1S/C29H36O4/c1-5-9-26(30)22-14-20(15-23(18-22)27(31)10-6-2)13-21-16-24(28(32)11-7-3)19-25(17-21)29(33)12-8-4/h14-19H,5-13H2,1-4H3. The van der Waals surface area contributed by atoms with Gasteiger partial charge in [-0.1, -0.05) is 27.7 Å². The molecule has 4 nitrogen and oxygen atoms in total. The van der Waals surface area contributed by atoms with Gasteiger partial charge in [-0.2, -0.15) is 0 Å². The lowest BCUT2D eigenvalue weighted by Crippen LogP contribution is -2.08. The topological polar surface area (TPSA) is 68.3 Å². The molecule has 0 heterocycles. The fourth-order valence-corrected chi connectivity index (χ4v) is 3.95. The summed E-state index contributed by atoms with van der Waals surface area (Å²) in [5, 5.41) is 0. The van der Waals surface area contributed by atoms with Crippen molar-refractivity contribution in [2.45, 2.75) is 85.5 Å². The highest BCUT2D eigenvalue weighted by molar-refractivity contribution is 6.02. The Hall–Kier alpha value is -2.88. The number of carbonyl (C=O) groups excluding carboxylic acids is 4. The van der Waals surface area contributed by atoms with Crippen LogP contribution in [0.25, 0.3) is 0 Å². The molecule has 0 saturated heterocycles. The zero-order chi connectivity index (χ0) is 24.4. The summed E-state index contributed by atoms with van der Waals surface area (Å²) < 4.78 is 0. The van der Waals surface area contributed by atoms with Crippen LogP contribution >= 0.6 is 0 Å². The minimum absolute atomic E-state index is 0.0237. The van der Waals surface area contributed by atoms with Gasteiger partial charge in [0.15, 0.2) is 23.1 Å². The first-order chi connectivity index (χ1) is 15.8. The van der Waals surface area contributed by atoms with Crippen LogP contribution in [0.3, 0.4) is 0 Å². The Morgan fingerprint density at radius 3 is 0.909 bits per heavy atom. The molecule has 0 aliphatic rings. The highest BCUT2D eigenvalue weighted by Crippen LogP contribution is 2.22. The van der Waals surface area contributed by atoms with Crippen molar-refractivity contribution in [1.29, 1.82) is 0 Å². The first kappa shape index (κ1) is 26.4. The van der Waals surface area contributed by atoms with Gasteiger partial charge in [-0.3, -0.25) is 19.2 Å². The molecule has 33 heavy (non-hydrogen) atoms. The van der Waals surface area contributed by atoms with E-state index in [0.717, 1.165) is 36.8 Å². The zero-order valence-electron chi connectivity index (χ0n) is 20.5. The van der Waals surface area contributed by atoms with Crippen LogP contribution in [0, 0.1) is 0 Å². The normalized spacial score (nSPS) is 10.8. The number of rotatable bonds is 14. The number of Topliss-reactive ketones (excluding diaryl/α,β-unsaturated/α-hetero) is 4. The Labute approximate surface area is 197 Å². The van der Waals surface area contributed by atoms with Crippen LogP contribution in [-0.4, -0.2) is 23.1 Å². The molecule has 0 unspecified atom stereocenters. The average Bonchev–Trinajstić information content (AvgIpc) is 2.79. The van der Waals surface area contributed by atoms with Gasteiger partial charge >= 0.3 is 0 Å². The van der Waals surface area contributed by atoms with Gasteiger partial charge in [0, 0.05) is 47.9 Å². The van der Waals surface area contributed by atoms with Crippen molar-refractivity contribution in [3.8, 4) is 0 Å². The fourth-order valence-electron chi connectivity index (χ4n) is 3.95. The van der Waals surface area contributed by atoms with Crippen LogP contribution in [0.4, 0.5) is 0 Å². The van der Waals surface area contributed by atoms with Crippen LogP contribution in [0.2, 0.25) is 0 Å². The van der Waals surface area contributed by atoms with Crippen LogP contribution in [0.15, 0.2) is 36.4 Å². The number of hydrogen-bond acceptors (Lipinski definition) is 4. The van der Waals surface area contributed by atoms with E-state index in [1.807, 2.05) is 52.0 Å². The van der Waals surface area contributed by atoms with Crippen molar-refractivity contribution in [1.82, 2.24) is 0 Å². The molecule has 0 N–H and O–H groups in total. The fraction of sp³-hybridized carbons (Fsp3) is 0.448. The molecule has 0 aliphatic heterocycles. The van der Waals surface area contributed by atoms with Gasteiger partial charge in [0.05, 0.1) is 0 Å². The molecule has 0 saturated carbocycles. The molecule has 2 rings (SSSR count). The van der Waals surface area contributed by atoms with Crippen molar-refractivity contribution in [3.05, 3.63) is 69.8 Å². The van der Waals surface area contributed by atoms with Crippen LogP contribution in [0.5, 0.6) is 0 Å². The van der Waals surface area contributed by atoms with Gasteiger partial charge in [0.1, 0.15) is 0 Å². The maximum absolute atomic E-state index is 12.6. The molecule has 0 fully saturated rings. The van der Waals surface area contributed by atoms with E-state index in [-0.39, 0.29) is 23.1 Å². The average molecular weight is 449 g/mol. The Balaban J connectivity index is 2.52. The molecule has 0 aromatic heterocycles. The molecule has 0 atom stereocenters. The summed E-state index contributed by atoms with van der Waals surface area (Å²) in [5.74, 6) is 0.0948. The maximum Gasteiger partial charge on any atom is 0.162 e. The predicted octanol–water partition coefficient (Wildman–Crippen LogP) is 7.21. The first-order valence-electron chi connectivity index (χ1n) is 12.2. The summed E-state index contributed by atoms with van der Waals surface area (Å²) >= 11 is 0. The largest absolute Gasteiger partial charge is 0.294 e. The van der Waals surface area contributed by atoms with E-state index in [2.05, 4.69) is 0 Å². The second-order valence-corrected chi connectivity index (χ2v) is 8.71. The third kappa shape index (κ3) is 7.59. The first-order valence-corrected chi connectivity index (χ1v) is 12.2. The van der Waals surface area contributed by atoms with Crippen LogP contribution in [0.1, 0.15) is 132 Å². The number of hydrogen-bond donors (Lipinski definition) is 0. The van der Waals surface area contributed by atoms with Crippen LogP contribution < -0.4 is 0 Å². The van der Waals surface area contributed by atoms with E-state index >= 15 is 0 Å². The van der Waals surface area contributed by atoms with Gasteiger partial charge in [-0.05, 0) is 79.6 Å². The van der Waals surface area contributed by atoms with Gasteiger partial charge in [0.25, 0.3) is 0 Å². The lowest BCUT2D eigenvalue weighted by molar-refractivity contribution is 0.0966. The third-order valence-electron chi connectivity index (χ3n) is 5.59. The minimum atomic E-state index is 0.0237. The summed E-state index contributed by atoms with van der Waals surface area (Å²) in [5.41, 5.74) is 3.88. The van der Waals surface area contributed by atoms with E-state index in [9.17, 15) is 19.2 Å². The summed E-state index contributed by atoms with van der Waals surface area (Å²) in [6.45, 7) is 7.83. The Morgan fingerprint density at radius 2 is 0.697 bits per heavy atom. The monoisotopic (exact) mass is 448 g/mol. The van der Waals surface area contributed by atoms with E-state index < -0.39 is 0 Å². The van der Waals surface area contributed by atoms with Crippen LogP contribution in [-0.2, 0) is 6.42 Å². The second kappa shape index (κ2) is 13.0. The Morgan fingerprint density at radius 1 is 0.455 bits per heavy atom. The smallest absolute Gasteiger partial charge is 0.162 e. The summed E-state index contributed by atoms with van der Waals surface area (Å²) in [7, 11) is 0. The lowest BCUT2D eigenvalue weighted by atomic mass is 9.91. The molecule has 0 spiro atoms. The molecular weight excluding hydrogens is 412 g/mol. The summed E-state index contributed by atoms with van der Waals surface area (Å²) in [6, 6.07) is 10.8. The number of benzene rings is 2. The predicted molar refractivity (Wildman–Crippen MR) is 133 cm³/mol. The van der Waals surface area contributed by atoms with E-state index in [1.165, 1.54) is 0 Å². The second-order valence-electron chi connectivity index (χ2n) is 8.71. The Kier molecular flexibility index (Phi) is 10.4.